The molecule has 0 saturated heterocycles. The largest absolute Gasteiger partial charge is 0.508 e. The maximum Gasteiger partial charge on any atom is 0.345 e. The van der Waals surface area contributed by atoms with Gasteiger partial charge < -0.3 is 15.4 Å². The van der Waals surface area contributed by atoms with Crippen molar-refractivity contribution in [2.24, 2.45) is 0 Å². The second kappa shape index (κ2) is 9.08. The summed E-state index contributed by atoms with van der Waals surface area (Å²) in [4.78, 5) is 31.6. The number of H-pyrrole nitrogens is 1. The number of nitrogens with zero attached hydrogens (tertiary/aromatic N) is 1. The van der Waals surface area contributed by atoms with Crippen LogP contribution in [-0.4, -0.2) is 21.0 Å². The molecule has 0 fully saturated rings. The molecule has 7 heteroatoms. The van der Waals surface area contributed by atoms with Gasteiger partial charge in [0, 0.05) is 22.7 Å². The van der Waals surface area contributed by atoms with Crippen molar-refractivity contribution in [3.05, 3.63) is 105 Å². The fraction of sp³-hybridized carbons (Fsp3) is 0.0800. The zero-order valence-corrected chi connectivity index (χ0v) is 18.0. The molecule has 0 aliphatic heterocycles. The SMILES string of the molecule is Cc1cc(-c2cc(-c3cccc(C(=O)NCc4cccc(Cl)c4)c3)[nH]c(=O)n2)ccc1O. The van der Waals surface area contributed by atoms with E-state index in [1.54, 1.807) is 61.5 Å². The van der Waals surface area contributed by atoms with Crippen LogP contribution in [0.3, 0.4) is 0 Å². The second-order valence-corrected chi connectivity index (χ2v) is 7.82. The van der Waals surface area contributed by atoms with Crippen LogP contribution in [0, 0.1) is 6.92 Å². The van der Waals surface area contributed by atoms with Gasteiger partial charge in [0.05, 0.1) is 11.4 Å². The topological polar surface area (TPSA) is 95.1 Å². The molecule has 0 spiro atoms. The average Bonchev–Trinajstić information content (AvgIpc) is 2.79. The van der Waals surface area contributed by atoms with Crippen LogP contribution in [0.4, 0.5) is 0 Å². The Labute approximate surface area is 189 Å². The van der Waals surface area contributed by atoms with Crippen LogP contribution < -0.4 is 11.0 Å². The Bertz CT molecular complexity index is 1360. The summed E-state index contributed by atoms with van der Waals surface area (Å²) in [6.07, 6.45) is 0. The van der Waals surface area contributed by atoms with Gasteiger partial charge in [-0.2, -0.15) is 4.98 Å². The Kier molecular flexibility index (Phi) is 6.05. The number of carbonyl (C=O) groups is 1. The lowest BCUT2D eigenvalue weighted by Crippen LogP contribution is -2.22. The van der Waals surface area contributed by atoms with Crippen molar-refractivity contribution in [3.8, 4) is 28.3 Å². The Hall–Kier alpha value is -3.90. The number of amides is 1. The van der Waals surface area contributed by atoms with Crippen LogP contribution >= 0.6 is 11.6 Å². The Morgan fingerprint density at radius 1 is 1.03 bits per heavy atom. The molecule has 1 aromatic heterocycles. The number of phenols is 1. The van der Waals surface area contributed by atoms with Gasteiger partial charge >= 0.3 is 5.69 Å². The first kappa shape index (κ1) is 21.3. The first-order valence-electron chi connectivity index (χ1n) is 9.93. The lowest BCUT2D eigenvalue weighted by atomic mass is 10.0. The van der Waals surface area contributed by atoms with Crippen molar-refractivity contribution in [2.75, 3.05) is 0 Å². The number of halogens is 1. The highest BCUT2D eigenvalue weighted by molar-refractivity contribution is 6.30. The molecule has 4 aromatic rings. The zero-order chi connectivity index (χ0) is 22.7. The number of nitrogens with one attached hydrogen (secondary N) is 2. The number of aryl methyl sites for hydroxylation is 1. The van der Waals surface area contributed by atoms with Crippen molar-refractivity contribution >= 4 is 17.5 Å². The summed E-state index contributed by atoms with van der Waals surface area (Å²) >= 11 is 5.99. The molecule has 3 N–H and O–H groups in total. The first-order chi connectivity index (χ1) is 15.4. The number of hydrogen-bond donors (Lipinski definition) is 3. The van der Waals surface area contributed by atoms with Crippen LogP contribution in [0.15, 0.2) is 77.6 Å². The highest BCUT2D eigenvalue weighted by atomic mass is 35.5. The molecule has 0 bridgehead atoms. The van der Waals surface area contributed by atoms with E-state index in [4.69, 9.17) is 11.6 Å². The van der Waals surface area contributed by atoms with Crippen LogP contribution in [0.5, 0.6) is 5.75 Å². The van der Waals surface area contributed by atoms with E-state index in [1.165, 1.54) is 0 Å². The Morgan fingerprint density at radius 2 is 1.84 bits per heavy atom. The van der Waals surface area contributed by atoms with Crippen molar-refractivity contribution in [2.45, 2.75) is 13.5 Å². The summed E-state index contributed by atoms with van der Waals surface area (Å²) in [5, 5.41) is 13.2. The normalized spacial score (nSPS) is 10.7. The van der Waals surface area contributed by atoms with Crippen molar-refractivity contribution < 1.29 is 9.90 Å². The minimum Gasteiger partial charge on any atom is -0.508 e. The molecule has 6 nitrogen and oxygen atoms in total. The lowest BCUT2D eigenvalue weighted by Gasteiger charge is -2.09. The van der Waals surface area contributed by atoms with Crippen LogP contribution in [0.25, 0.3) is 22.5 Å². The van der Waals surface area contributed by atoms with Gasteiger partial charge in [0.15, 0.2) is 0 Å². The van der Waals surface area contributed by atoms with E-state index in [9.17, 15) is 14.7 Å². The fourth-order valence-electron chi connectivity index (χ4n) is 3.34. The van der Waals surface area contributed by atoms with Crippen LogP contribution in [-0.2, 0) is 6.54 Å². The molecule has 0 saturated carbocycles. The van der Waals surface area contributed by atoms with E-state index in [1.807, 2.05) is 18.2 Å². The van der Waals surface area contributed by atoms with E-state index in [-0.39, 0.29) is 11.7 Å². The van der Waals surface area contributed by atoms with Gasteiger partial charge in [0.25, 0.3) is 5.91 Å². The summed E-state index contributed by atoms with van der Waals surface area (Å²) in [5.74, 6) is -0.0621. The van der Waals surface area contributed by atoms with Crippen LogP contribution in [0.2, 0.25) is 5.02 Å². The molecular weight excluding hydrogens is 426 g/mol. The van der Waals surface area contributed by atoms with E-state index in [2.05, 4.69) is 15.3 Å². The number of carbonyl (C=O) groups excluding carboxylic acids is 1. The molecule has 0 radical (unpaired) electrons. The van der Waals surface area contributed by atoms with Gasteiger partial charge in [-0.1, -0.05) is 35.9 Å². The molecule has 32 heavy (non-hydrogen) atoms. The highest BCUT2D eigenvalue weighted by Crippen LogP contribution is 2.26. The van der Waals surface area contributed by atoms with E-state index >= 15 is 0 Å². The summed E-state index contributed by atoms with van der Waals surface area (Å²) in [6, 6.07) is 21.1. The Balaban J connectivity index is 1.60. The number of phenolic OH excluding ortho intramolecular Hbond substituents is 1. The summed E-state index contributed by atoms with van der Waals surface area (Å²) < 4.78 is 0. The smallest absolute Gasteiger partial charge is 0.345 e. The third kappa shape index (κ3) is 4.87. The lowest BCUT2D eigenvalue weighted by molar-refractivity contribution is 0.0951. The maximum absolute atomic E-state index is 12.7. The molecule has 1 amide bonds. The standard InChI is InChI=1S/C25H20ClN3O3/c1-15-10-18(8-9-23(15)30)22-13-21(28-25(32)29-22)17-5-3-6-19(12-17)24(31)27-14-16-4-2-7-20(26)11-16/h2-13,30H,14H2,1H3,(H,27,31)(H,28,29,32). The predicted molar refractivity (Wildman–Crippen MR) is 125 cm³/mol. The quantitative estimate of drug-likeness (QED) is 0.415. The molecule has 0 unspecified atom stereocenters. The summed E-state index contributed by atoms with van der Waals surface area (Å²) in [6.45, 7) is 2.12. The third-order valence-electron chi connectivity index (χ3n) is 5.02. The predicted octanol–water partition coefficient (Wildman–Crippen LogP) is 4.70. The van der Waals surface area contributed by atoms with Gasteiger partial charge in [-0.25, -0.2) is 4.79 Å². The van der Waals surface area contributed by atoms with Crippen LogP contribution in [0.1, 0.15) is 21.5 Å². The summed E-state index contributed by atoms with van der Waals surface area (Å²) in [5.41, 5.74) is 3.94. The molecule has 0 atom stereocenters. The maximum atomic E-state index is 12.7. The molecular formula is C25H20ClN3O3. The Morgan fingerprint density at radius 3 is 2.62 bits per heavy atom. The van der Waals surface area contributed by atoms with E-state index in [0.717, 1.165) is 5.56 Å². The monoisotopic (exact) mass is 445 g/mol. The minimum atomic E-state index is -0.501. The highest BCUT2D eigenvalue weighted by Gasteiger charge is 2.11. The molecule has 4 rings (SSSR count). The van der Waals surface area contributed by atoms with E-state index in [0.29, 0.717) is 45.2 Å². The van der Waals surface area contributed by atoms with Gasteiger partial charge in [-0.15, -0.1) is 0 Å². The number of rotatable bonds is 5. The number of aromatic nitrogens is 2. The summed E-state index contributed by atoms with van der Waals surface area (Å²) in [7, 11) is 0. The third-order valence-corrected chi connectivity index (χ3v) is 5.25. The first-order valence-corrected chi connectivity index (χ1v) is 10.3. The molecule has 0 aliphatic carbocycles. The number of hydrogen-bond acceptors (Lipinski definition) is 4. The second-order valence-electron chi connectivity index (χ2n) is 7.38. The van der Waals surface area contributed by atoms with Crippen molar-refractivity contribution in [1.29, 1.82) is 0 Å². The average molecular weight is 446 g/mol. The fourth-order valence-corrected chi connectivity index (χ4v) is 3.55. The number of benzene rings is 3. The zero-order valence-electron chi connectivity index (χ0n) is 17.2. The van der Waals surface area contributed by atoms with Crippen molar-refractivity contribution in [3.63, 3.8) is 0 Å². The number of aromatic hydroxyl groups is 1. The van der Waals surface area contributed by atoms with Gasteiger partial charge in [-0.3, -0.25) is 4.79 Å². The molecule has 0 aliphatic rings. The van der Waals surface area contributed by atoms with Crippen molar-refractivity contribution in [1.82, 2.24) is 15.3 Å². The number of aromatic amines is 1. The van der Waals surface area contributed by atoms with E-state index < -0.39 is 5.69 Å². The van der Waals surface area contributed by atoms with Gasteiger partial charge in [0.1, 0.15) is 5.75 Å². The minimum absolute atomic E-state index is 0.176. The van der Waals surface area contributed by atoms with Gasteiger partial charge in [0.2, 0.25) is 0 Å². The molecule has 3 aromatic carbocycles. The molecule has 160 valence electrons. The molecule has 1 heterocycles. The van der Waals surface area contributed by atoms with Gasteiger partial charge in [-0.05, 0) is 72.1 Å².